The van der Waals surface area contributed by atoms with Gasteiger partial charge in [-0.2, -0.15) is 0 Å². The Labute approximate surface area is 184 Å². The summed E-state index contributed by atoms with van der Waals surface area (Å²) in [6, 6.07) is 12.0. The van der Waals surface area contributed by atoms with Crippen LogP contribution in [0.5, 0.6) is 11.5 Å². The summed E-state index contributed by atoms with van der Waals surface area (Å²) in [7, 11) is -1.79. The molecule has 166 valence electrons. The number of ether oxygens (including phenoxy) is 1. The van der Waals surface area contributed by atoms with Gasteiger partial charge < -0.3 is 14.3 Å². The van der Waals surface area contributed by atoms with Crippen molar-refractivity contribution in [2.75, 3.05) is 6.61 Å². The molecule has 0 spiro atoms. The highest BCUT2D eigenvalue weighted by Gasteiger charge is 2.38. The third-order valence-electron chi connectivity index (χ3n) is 6.58. The lowest BCUT2D eigenvalue weighted by Crippen LogP contribution is -2.41. The SMILES string of the molecule is Cc1cc(O)c(C(C)(C)CCO[Si](C)(C)C(C)(C)C)c(C)c1OCc1ccccc1. The van der Waals surface area contributed by atoms with E-state index in [1.54, 1.807) is 0 Å². The summed E-state index contributed by atoms with van der Waals surface area (Å²) in [5.41, 5.74) is 3.83. The fourth-order valence-corrected chi connectivity index (χ4v) is 4.70. The van der Waals surface area contributed by atoms with Crippen LogP contribution >= 0.6 is 0 Å². The van der Waals surface area contributed by atoms with Crippen molar-refractivity contribution < 1.29 is 14.3 Å². The Morgan fingerprint density at radius 2 is 1.57 bits per heavy atom. The molecule has 2 aromatic rings. The lowest BCUT2D eigenvalue weighted by atomic mass is 9.78. The highest BCUT2D eigenvalue weighted by atomic mass is 28.4. The maximum absolute atomic E-state index is 10.8. The summed E-state index contributed by atoms with van der Waals surface area (Å²) < 4.78 is 12.6. The maximum Gasteiger partial charge on any atom is 0.191 e. The first kappa shape index (κ1) is 24.5. The second-order valence-corrected chi connectivity index (χ2v) is 15.4. The first-order valence-corrected chi connectivity index (χ1v) is 13.8. The van der Waals surface area contributed by atoms with Crippen molar-refractivity contribution in [3.63, 3.8) is 0 Å². The number of hydrogen-bond acceptors (Lipinski definition) is 3. The molecule has 0 aliphatic carbocycles. The summed E-state index contributed by atoms with van der Waals surface area (Å²) >= 11 is 0. The molecule has 0 unspecified atom stereocenters. The average Bonchev–Trinajstić information content (AvgIpc) is 2.60. The molecular weight excluding hydrogens is 388 g/mol. The molecule has 0 aromatic heterocycles. The third-order valence-corrected chi connectivity index (χ3v) is 11.1. The summed E-state index contributed by atoms with van der Waals surface area (Å²) in [6.07, 6.45) is 0.842. The Balaban J connectivity index is 2.22. The highest BCUT2D eigenvalue weighted by Crippen LogP contribution is 2.43. The molecule has 0 saturated heterocycles. The number of hydrogen-bond donors (Lipinski definition) is 1. The lowest BCUT2D eigenvalue weighted by Gasteiger charge is -2.37. The first-order valence-electron chi connectivity index (χ1n) is 10.9. The average molecular weight is 429 g/mol. The van der Waals surface area contributed by atoms with Gasteiger partial charge in [-0.3, -0.25) is 0 Å². The van der Waals surface area contributed by atoms with Crippen molar-refractivity contribution in [1.82, 2.24) is 0 Å². The summed E-state index contributed by atoms with van der Waals surface area (Å²) in [4.78, 5) is 0. The normalized spacial score (nSPS) is 12.8. The van der Waals surface area contributed by atoms with Crippen molar-refractivity contribution in [3.05, 3.63) is 58.7 Å². The van der Waals surface area contributed by atoms with Crippen LogP contribution in [0.15, 0.2) is 36.4 Å². The number of phenolic OH excluding ortho intramolecular Hbond substituents is 1. The molecule has 0 heterocycles. The monoisotopic (exact) mass is 428 g/mol. The van der Waals surface area contributed by atoms with Gasteiger partial charge >= 0.3 is 0 Å². The predicted octanol–water partition coefficient (Wildman–Crippen LogP) is 7.28. The van der Waals surface area contributed by atoms with E-state index in [4.69, 9.17) is 9.16 Å². The zero-order chi connectivity index (χ0) is 22.7. The minimum Gasteiger partial charge on any atom is -0.508 e. The van der Waals surface area contributed by atoms with Gasteiger partial charge in [-0.1, -0.05) is 65.0 Å². The molecule has 30 heavy (non-hydrogen) atoms. The van der Waals surface area contributed by atoms with Crippen LogP contribution in [0.25, 0.3) is 0 Å². The van der Waals surface area contributed by atoms with Crippen LogP contribution in [-0.4, -0.2) is 20.0 Å². The fourth-order valence-electron chi connectivity index (χ4n) is 3.65. The standard InChI is InChI=1S/C26H40O3Si/c1-19-17-22(27)23(20(2)24(19)28-18-21-13-11-10-12-14-21)26(6,7)15-16-29-30(8,9)25(3,4)5/h10-14,17,27H,15-16,18H2,1-9H3. The van der Waals surface area contributed by atoms with E-state index in [2.05, 4.69) is 66.8 Å². The fraction of sp³-hybridized carbons (Fsp3) is 0.538. The van der Waals surface area contributed by atoms with Crippen LogP contribution in [0.2, 0.25) is 18.1 Å². The molecule has 2 aromatic carbocycles. The van der Waals surface area contributed by atoms with E-state index < -0.39 is 8.32 Å². The van der Waals surface area contributed by atoms with Gasteiger partial charge in [-0.05, 0) is 66.6 Å². The predicted molar refractivity (Wildman–Crippen MR) is 129 cm³/mol. The first-order chi connectivity index (χ1) is 13.8. The van der Waals surface area contributed by atoms with E-state index in [1.807, 2.05) is 31.2 Å². The molecule has 0 radical (unpaired) electrons. The topological polar surface area (TPSA) is 38.7 Å². The lowest BCUT2D eigenvalue weighted by molar-refractivity contribution is 0.247. The van der Waals surface area contributed by atoms with Crippen LogP contribution in [0, 0.1) is 13.8 Å². The number of rotatable bonds is 8. The van der Waals surface area contributed by atoms with Crippen molar-refractivity contribution in [2.45, 2.75) is 85.0 Å². The number of benzene rings is 2. The van der Waals surface area contributed by atoms with E-state index in [0.717, 1.165) is 34.4 Å². The van der Waals surface area contributed by atoms with E-state index in [0.29, 0.717) is 19.0 Å². The molecule has 0 amide bonds. The van der Waals surface area contributed by atoms with Gasteiger partial charge in [0.1, 0.15) is 18.1 Å². The molecule has 0 bridgehead atoms. The highest BCUT2D eigenvalue weighted by molar-refractivity contribution is 6.74. The third kappa shape index (κ3) is 5.67. The molecule has 0 fully saturated rings. The Hall–Kier alpha value is -1.78. The molecule has 0 aliphatic rings. The summed E-state index contributed by atoms with van der Waals surface area (Å²) in [6.45, 7) is 21.0. The summed E-state index contributed by atoms with van der Waals surface area (Å²) in [5, 5.41) is 11.0. The van der Waals surface area contributed by atoms with Crippen LogP contribution in [0.4, 0.5) is 0 Å². The molecule has 2 rings (SSSR count). The summed E-state index contributed by atoms with van der Waals surface area (Å²) in [5.74, 6) is 1.21. The van der Waals surface area contributed by atoms with Crippen LogP contribution < -0.4 is 4.74 Å². The van der Waals surface area contributed by atoms with Crippen molar-refractivity contribution >= 4 is 8.32 Å². The van der Waals surface area contributed by atoms with E-state index in [1.165, 1.54) is 0 Å². The minimum absolute atomic E-state index is 0.192. The maximum atomic E-state index is 10.8. The molecule has 0 aliphatic heterocycles. The van der Waals surface area contributed by atoms with Crippen LogP contribution in [0.1, 0.15) is 63.3 Å². The van der Waals surface area contributed by atoms with Gasteiger partial charge in [0, 0.05) is 12.2 Å². The number of aromatic hydroxyl groups is 1. The van der Waals surface area contributed by atoms with Crippen LogP contribution in [-0.2, 0) is 16.4 Å². The Bertz CT molecular complexity index is 849. The van der Waals surface area contributed by atoms with Gasteiger partial charge in [0.25, 0.3) is 0 Å². The smallest absolute Gasteiger partial charge is 0.191 e. The van der Waals surface area contributed by atoms with Crippen molar-refractivity contribution in [2.24, 2.45) is 0 Å². The van der Waals surface area contributed by atoms with Gasteiger partial charge in [-0.15, -0.1) is 0 Å². The van der Waals surface area contributed by atoms with Gasteiger partial charge in [0.15, 0.2) is 8.32 Å². The Morgan fingerprint density at radius 3 is 2.13 bits per heavy atom. The second-order valence-electron chi connectivity index (χ2n) is 10.6. The largest absolute Gasteiger partial charge is 0.508 e. The quantitative estimate of drug-likeness (QED) is 0.449. The molecule has 4 heteroatoms. The van der Waals surface area contributed by atoms with Crippen molar-refractivity contribution in [1.29, 1.82) is 0 Å². The van der Waals surface area contributed by atoms with E-state index in [-0.39, 0.29) is 10.5 Å². The van der Waals surface area contributed by atoms with E-state index >= 15 is 0 Å². The molecule has 3 nitrogen and oxygen atoms in total. The number of phenols is 1. The Kier molecular flexibility index (Phi) is 7.47. The van der Waals surface area contributed by atoms with Gasteiger partial charge in [-0.25, -0.2) is 0 Å². The molecule has 1 N–H and O–H groups in total. The van der Waals surface area contributed by atoms with Crippen LogP contribution in [0.3, 0.4) is 0 Å². The van der Waals surface area contributed by atoms with Gasteiger partial charge in [0.2, 0.25) is 0 Å². The Morgan fingerprint density at radius 1 is 0.967 bits per heavy atom. The zero-order valence-electron chi connectivity index (χ0n) is 20.3. The molecule has 0 saturated carbocycles. The minimum atomic E-state index is -1.79. The van der Waals surface area contributed by atoms with E-state index in [9.17, 15) is 5.11 Å². The molecule has 0 atom stereocenters. The molecular formula is C26H40O3Si. The van der Waals surface area contributed by atoms with Gasteiger partial charge in [0.05, 0.1) is 0 Å². The zero-order valence-corrected chi connectivity index (χ0v) is 21.3. The second kappa shape index (κ2) is 9.15. The number of aryl methyl sites for hydroxylation is 1. The van der Waals surface area contributed by atoms with Crippen molar-refractivity contribution in [3.8, 4) is 11.5 Å².